The third-order valence-corrected chi connectivity index (χ3v) is 7.02. The zero-order chi connectivity index (χ0) is 22.3. The SMILES string of the molecule is O[C@@H]1CCCC[C@H]1Nc1nc2c(s1)CC(Cn1cnc3cc(OC(F)(F)F)ccc31)C=C2. The zero-order valence-electron chi connectivity index (χ0n) is 17.2. The van der Waals surface area contributed by atoms with Crippen LogP contribution in [0.3, 0.4) is 0 Å². The van der Waals surface area contributed by atoms with Gasteiger partial charge in [-0.25, -0.2) is 9.97 Å². The van der Waals surface area contributed by atoms with Gasteiger partial charge in [-0.15, -0.1) is 24.5 Å². The second kappa shape index (κ2) is 8.40. The quantitative estimate of drug-likeness (QED) is 0.557. The van der Waals surface area contributed by atoms with Gasteiger partial charge in [0.05, 0.1) is 35.2 Å². The smallest absolute Gasteiger partial charge is 0.406 e. The van der Waals surface area contributed by atoms with Crippen molar-refractivity contribution in [3.05, 3.63) is 41.2 Å². The first-order chi connectivity index (χ1) is 15.3. The Morgan fingerprint density at radius 1 is 1.25 bits per heavy atom. The van der Waals surface area contributed by atoms with Gasteiger partial charge in [0, 0.05) is 23.4 Å². The molecule has 1 saturated carbocycles. The van der Waals surface area contributed by atoms with Crippen LogP contribution in [0.25, 0.3) is 17.1 Å². The molecule has 2 N–H and O–H groups in total. The largest absolute Gasteiger partial charge is 0.573 e. The minimum absolute atomic E-state index is 0.0552. The number of fused-ring (bicyclic) bond motifs is 2. The van der Waals surface area contributed by atoms with Crippen LogP contribution in [-0.2, 0) is 13.0 Å². The lowest BCUT2D eigenvalue weighted by Crippen LogP contribution is -2.36. The molecule has 0 saturated heterocycles. The van der Waals surface area contributed by atoms with Crippen molar-refractivity contribution in [2.24, 2.45) is 5.92 Å². The first-order valence-corrected chi connectivity index (χ1v) is 11.5. The van der Waals surface area contributed by atoms with Gasteiger partial charge < -0.3 is 19.7 Å². The van der Waals surface area contributed by atoms with E-state index in [4.69, 9.17) is 0 Å². The number of allylic oxidation sites excluding steroid dienone is 1. The molecule has 5 rings (SSSR count). The highest BCUT2D eigenvalue weighted by molar-refractivity contribution is 7.15. The van der Waals surface area contributed by atoms with E-state index < -0.39 is 6.36 Å². The van der Waals surface area contributed by atoms with E-state index in [1.807, 2.05) is 10.6 Å². The number of imidazole rings is 1. The van der Waals surface area contributed by atoms with Gasteiger partial charge in [-0.1, -0.05) is 18.9 Å². The number of halogens is 3. The number of nitrogens with zero attached hydrogens (tertiary/aromatic N) is 3. The molecule has 2 aromatic heterocycles. The molecule has 170 valence electrons. The fraction of sp³-hybridized carbons (Fsp3) is 0.455. The second-order valence-corrected chi connectivity index (χ2v) is 9.43. The molecule has 2 aliphatic rings. The molecule has 0 radical (unpaired) electrons. The number of aromatic nitrogens is 3. The van der Waals surface area contributed by atoms with E-state index in [9.17, 15) is 18.3 Å². The van der Waals surface area contributed by atoms with Crippen LogP contribution in [0.5, 0.6) is 5.75 Å². The molecule has 0 amide bonds. The van der Waals surface area contributed by atoms with Crippen LogP contribution in [0.15, 0.2) is 30.6 Å². The van der Waals surface area contributed by atoms with Crippen molar-refractivity contribution < 1.29 is 23.0 Å². The van der Waals surface area contributed by atoms with Crippen molar-refractivity contribution >= 4 is 33.6 Å². The third kappa shape index (κ3) is 4.61. The number of hydrogen-bond acceptors (Lipinski definition) is 6. The van der Waals surface area contributed by atoms with E-state index in [0.717, 1.165) is 48.4 Å². The van der Waals surface area contributed by atoms with Crippen LogP contribution in [0.1, 0.15) is 36.3 Å². The number of rotatable bonds is 5. The molecule has 2 heterocycles. The Hall–Kier alpha value is -2.59. The number of aliphatic hydroxyl groups is 1. The molecule has 2 aliphatic carbocycles. The molecule has 1 unspecified atom stereocenters. The number of anilines is 1. The van der Waals surface area contributed by atoms with E-state index in [1.165, 1.54) is 17.0 Å². The molecule has 0 spiro atoms. The Bertz CT molecular complexity index is 1140. The summed E-state index contributed by atoms with van der Waals surface area (Å²) in [5, 5.41) is 14.5. The maximum atomic E-state index is 12.5. The molecule has 0 bridgehead atoms. The number of benzene rings is 1. The van der Waals surface area contributed by atoms with Crippen LogP contribution in [-0.4, -0.2) is 38.1 Å². The molecular weight excluding hydrogens is 441 g/mol. The summed E-state index contributed by atoms with van der Waals surface area (Å²) in [7, 11) is 0. The van der Waals surface area contributed by atoms with Crippen LogP contribution >= 0.6 is 11.3 Å². The highest BCUT2D eigenvalue weighted by Crippen LogP contribution is 2.34. The molecule has 32 heavy (non-hydrogen) atoms. The molecule has 1 aromatic carbocycles. The van der Waals surface area contributed by atoms with Crippen molar-refractivity contribution in [3.8, 4) is 5.75 Å². The number of aliphatic hydroxyl groups excluding tert-OH is 1. The van der Waals surface area contributed by atoms with Crippen LogP contribution in [0, 0.1) is 5.92 Å². The second-order valence-electron chi connectivity index (χ2n) is 8.35. The maximum Gasteiger partial charge on any atom is 0.573 e. The van der Waals surface area contributed by atoms with Crippen molar-refractivity contribution in [3.63, 3.8) is 0 Å². The lowest BCUT2D eigenvalue weighted by molar-refractivity contribution is -0.274. The predicted molar refractivity (Wildman–Crippen MR) is 117 cm³/mol. The highest BCUT2D eigenvalue weighted by atomic mass is 32.1. The Balaban J connectivity index is 1.26. The molecule has 6 nitrogen and oxygen atoms in total. The standard InChI is InChI=1S/C22H23F3N4O2S/c23-22(24,25)31-14-6-8-18-17(10-14)26-12-29(18)11-13-5-7-16-20(9-13)32-21(28-16)27-15-3-1-2-4-19(15)30/h5-8,10,12-13,15,19,30H,1-4,9,11H2,(H,27,28)/t13?,15-,19-/m1/s1. The van der Waals surface area contributed by atoms with Crippen molar-refractivity contribution in [2.45, 2.75) is 57.2 Å². The predicted octanol–water partition coefficient (Wildman–Crippen LogP) is 4.99. The van der Waals surface area contributed by atoms with Gasteiger partial charge in [-0.3, -0.25) is 0 Å². The minimum Gasteiger partial charge on any atom is -0.406 e. The minimum atomic E-state index is -4.72. The summed E-state index contributed by atoms with van der Waals surface area (Å²) in [6.45, 7) is 0.661. The van der Waals surface area contributed by atoms with Gasteiger partial charge in [0.2, 0.25) is 0 Å². The molecule has 0 aliphatic heterocycles. The van der Waals surface area contributed by atoms with Crippen LogP contribution in [0.2, 0.25) is 0 Å². The summed E-state index contributed by atoms with van der Waals surface area (Å²) in [5.41, 5.74) is 2.18. The van der Waals surface area contributed by atoms with Gasteiger partial charge in [-0.05, 0) is 37.5 Å². The molecule has 10 heteroatoms. The van der Waals surface area contributed by atoms with E-state index in [-0.39, 0.29) is 23.8 Å². The van der Waals surface area contributed by atoms with E-state index in [2.05, 4.69) is 26.1 Å². The van der Waals surface area contributed by atoms with Gasteiger partial charge in [0.25, 0.3) is 0 Å². The normalized spacial score (nSPS) is 23.3. The van der Waals surface area contributed by atoms with Crippen LogP contribution < -0.4 is 10.1 Å². The summed E-state index contributed by atoms with van der Waals surface area (Å²) >= 11 is 1.63. The number of alkyl halides is 3. The Labute approximate surface area is 186 Å². The number of thiazole rings is 1. The zero-order valence-corrected chi connectivity index (χ0v) is 18.0. The number of nitrogens with one attached hydrogen (secondary N) is 1. The lowest BCUT2D eigenvalue weighted by atomic mass is 9.93. The van der Waals surface area contributed by atoms with Gasteiger partial charge >= 0.3 is 6.36 Å². The average Bonchev–Trinajstić information content (AvgIpc) is 3.31. The number of ether oxygens (including phenoxy) is 1. The van der Waals surface area contributed by atoms with Gasteiger partial charge in [0.15, 0.2) is 5.13 Å². The lowest BCUT2D eigenvalue weighted by Gasteiger charge is -2.28. The summed E-state index contributed by atoms with van der Waals surface area (Å²) in [6, 6.07) is 4.27. The first-order valence-electron chi connectivity index (χ1n) is 10.7. The van der Waals surface area contributed by atoms with E-state index in [1.54, 1.807) is 23.7 Å². The van der Waals surface area contributed by atoms with Crippen molar-refractivity contribution in [2.75, 3.05) is 5.32 Å². The summed E-state index contributed by atoms with van der Waals surface area (Å²) in [6.07, 6.45) is 5.53. The average molecular weight is 465 g/mol. The van der Waals surface area contributed by atoms with Gasteiger partial charge in [-0.2, -0.15) is 0 Å². The Morgan fingerprint density at radius 3 is 2.91 bits per heavy atom. The maximum absolute atomic E-state index is 12.5. The first kappa shape index (κ1) is 21.3. The molecule has 1 fully saturated rings. The van der Waals surface area contributed by atoms with Gasteiger partial charge in [0.1, 0.15) is 5.75 Å². The highest BCUT2D eigenvalue weighted by Gasteiger charge is 2.31. The topological polar surface area (TPSA) is 72.2 Å². The number of hydrogen-bond donors (Lipinski definition) is 2. The summed E-state index contributed by atoms with van der Waals surface area (Å²) in [4.78, 5) is 10.1. The Morgan fingerprint density at radius 2 is 2.09 bits per heavy atom. The molecule has 3 aromatic rings. The fourth-order valence-electron chi connectivity index (χ4n) is 4.44. The monoisotopic (exact) mass is 464 g/mol. The summed E-state index contributed by atoms with van der Waals surface area (Å²) < 4.78 is 43.3. The van der Waals surface area contributed by atoms with Crippen molar-refractivity contribution in [1.29, 1.82) is 0 Å². The van der Waals surface area contributed by atoms with Crippen molar-refractivity contribution in [1.82, 2.24) is 14.5 Å². The molecular formula is C22H23F3N4O2S. The van der Waals surface area contributed by atoms with Crippen LogP contribution in [0.4, 0.5) is 18.3 Å². The van der Waals surface area contributed by atoms with E-state index in [0.29, 0.717) is 12.1 Å². The van der Waals surface area contributed by atoms with E-state index >= 15 is 0 Å². The third-order valence-electron chi connectivity index (χ3n) is 6.00. The Kier molecular flexibility index (Phi) is 5.58. The summed E-state index contributed by atoms with van der Waals surface area (Å²) in [5.74, 6) is -0.0511. The molecule has 3 atom stereocenters. The fourth-order valence-corrected chi connectivity index (χ4v) is 5.54.